The van der Waals surface area contributed by atoms with E-state index in [-0.39, 0.29) is 12.0 Å². The smallest absolute Gasteiger partial charge is 0.326 e. The maximum Gasteiger partial charge on any atom is 0.326 e. The SMILES string of the molecule is O=C(Nc1ncnc(Oc2ccc3ccccc3c2)n1)Nc1ccccc1Cl. The van der Waals surface area contributed by atoms with E-state index in [1.807, 2.05) is 42.5 Å². The van der Waals surface area contributed by atoms with Gasteiger partial charge < -0.3 is 10.1 Å². The van der Waals surface area contributed by atoms with E-state index in [4.69, 9.17) is 16.3 Å². The molecule has 3 aromatic carbocycles. The van der Waals surface area contributed by atoms with E-state index >= 15 is 0 Å². The van der Waals surface area contributed by atoms with Crippen LogP contribution in [0.15, 0.2) is 73.1 Å². The molecule has 138 valence electrons. The number of rotatable bonds is 4. The molecular weight excluding hydrogens is 378 g/mol. The maximum absolute atomic E-state index is 12.1. The van der Waals surface area contributed by atoms with Gasteiger partial charge in [-0.05, 0) is 35.0 Å². The molecule has 1 heterocycles. The Morgan fingerprint density at radius 3 is 2.54 bits per heavy atom. The molecule has 2 amide bonds. The average molecular weight is 392 g/mol. The van der Waals surface area contributed by atoms with Crippen LogP contribution in [0.5, 0.6) is 11.8 Å². The molecule has 28 heavy (non-hydrogen) atoms. The summed E-state index contributed by atoms with van der Waals surface area (Å²) in [5.74, 6) is 0.631. The van der Waals surface area contributed by atoms with Crippen molar-refractivity contribution in [3.63, 3.8) is 0 Å². The Morgan fingerprint density at radius 1 is 0.893 bits per heavy atom. The van der Waals surface area contributed by atoms with Gasteiger partial charge >= 0.3 is 12.0 Å². The Kier molecular flexibility index (Phi) is 4.99. The second kappa shape index (κ2) is 7.89. The van der Waals surface area contributed by atoms with Crippen LogP contribution in [0.1, 0.15) is 0 Å². The summed E-state index contributed by atoms with van der Waals surface area (Å²) in [4.78, 5) is 24.1. The second-order valence-electron chi connectivity index (χ2n) is 5.76. The van der Waals surface area contributed by atoms with Crippen molar-refractivity contribution < 1.29 is 9.53 Å². The first-order valence-electron chi connectivity index (χ1n) is 8.35. The summed E-state index contributed by atoms with van der Waals surface area (Å²) in [6, 6.07) is 20.0. The van der Waals surface area contributed by atoms with Gasteiger partial charge in [0.05, 0.1) is 10.7 Å². The van der Waals surface area contributed by atoms with Crippen LogP contribution in [0.25, 0.3) is 10.8 Å². The van der Waals surface area contributed by atoms with Gasteiger partial charge in [0, 0.05) is 0 Å². The summed E-state index contributed by atoms with van der Waals surface area (Å²) < 4.78 is 5.69. The Morgan fingerprint density at radius 2 is 1.68 bits per heavy atom. The highest BCUT2D eigenvalue weighted by atomic mass is 35.5. The van der Waals surface area contributed by atoms with Crippen molar-refractivity contribution in [1.29, 1.82) is 0 Å². The maximum atomic E-state index is 12.1. The first-order valence-corrected chi connectivity index (χ1v) is 8.73. The lowest BCUT2D eigenvalue weighted by atomic mass is 10.1. The number of hydrogen-bond acceptors (Lipinski definition) is 5. The number of ether oxygens (including phenoxy) is 1. The molecule has 0 radical (unpaired) electrons. The van der Waals surface area contributed by atoms with Gasteiger partial charge in [-0.15, -0.1) is 0 Å². The van der Waals surface area contributed by atoms with Crippen LogP contribution < -0.4 is 15.4 Å². The van der Waals surface area contributed by atoms with Crippen LogP contribution in [-0.2, 0) is 0 Å². The lowest BCUT2D eigenvalue weighted by Gasteiger charge is -2.09. The van der Waals surface area contributed by atoms with Gasteiger partial charge in [0.15, 0.2) is 0 Å². The van der Waals surface area contributed by atoms with Gasteiger partial charge in [-0.2, -0.15) is 9.97 Å². The van der Waals surface area contributed by atoms with Crippen LogP contribution in [0.4, 0.5) is 16.4 Å². The monoisotopic (exact) mass is 391 g/mol. The molecule has 0 aliphatic rings. The molecule has 4 rings (SSSR count). The molecule has 8 heteroatoms. The van der Waals surface area contributed by atoms with E-state index in [1.165, 1.54) is 6.33 Å². The van der Waals surface area contributed by atoms with E-state index < -0.39 is 6.03 Å². The van der Waals surface area contributed by atoms with Crippen molar-refractivity contribution in [3.8, 4) is 11.8 Å². The van der Waals surface area contributed by atoms with Crippen LogP contribution >= 0.6 is 11.6 Å². The van der Waals surface area contributed by atoms with E-state index in [0.717, 1.165) is 10.8 Å². The van der Waals surface area contributed by atoms with Crippen molar-refractivity contribution in [1.82, 2.24) is 15.0 Å². The number of carbonyl (C=O) groups is 1. The Hall–Kier alpha value is -3.71. The Bertz CT molecular complexity index is 1150. The van der Waals surface area contributed by atoms with E-state index in [2.05, 4.69) is 25.6 Å². The summed E-state index contributed by atoms with van der Waals surface area (Å²) in [6.45, 7) is 0. The minimum absolute atomic E-state index is 0.0512. The van der Waals surface area contributed by atoms with Gasteiger partial charge in [-0.25, -0.2) is 9.78 Å². The van der Waals surface area contributed by atoms with Crippen molar-refractivity contribution in [2.24, 2.45) is 0 Å². The number of benzene rings is 3. The largest absolute Gasteiger partial charge is 0.424 e. The predicted octanol–water partition coefficient (Wildman–Crippen LogP) is 5.11. The topological polar surface area (TPSA) is 89.0 Å². The molecule has 1 aromatic heterocycles. The van der Waals surface area contributed by atoms with Gasteiger partial charge in [-0.3, -0.25) is 5.32 Å². The molecule has 0 aliphatic carbocycles. The van der Waals surface area contributed by atoms with Crippen LogP contribution in [0.3, 0.4) is 0 Å². The minimum atomic E-state index is -0.532. The summed E-state index contributed by atoms with van der Waals surface area (Å²) in [7, 11) is 0. The fraction of sp³-hybridized carbons (Fsp3) is 0. The Balaban J connectivity index is 1.46. The number of hydrogen-bond donors (Lipinski definition) is 2. The third kappa shape index (κ3) is 4.16. The number of fused-ring (bicyclic) bond motifs is 1. The lowest BCUT2D eigenvalue weighted by Crippen LogP contribution is -2.21. The summed E-state index contributed by atoms with van der Waals surface area (Å²) in [6.07, 6.45) is 1.26. The fourth-order valence-electron chi connectivity index (χ4n) is 2.54. The highest BCUT2D eigenvalue weighted by Gasteiger charge is 2.09. The molecule has 0 aliphatic heterocycles. The minimum Gasteiger partial charge on any atom is -0.424 e. The Labute approximate surface area is 165 Å². The number of amides is 2. The quantitative estimate of drug-likeness (QED) is 0.504. The molecule has 0 atom stereocenters. The number of nitrogens with zero attached hydrogens (tertiary/aromatic N) is 3. The zero-order valence-electron chi connectivity index (χ0n) is 14.5. The first-order chi connectivity index (χ1) is 13.7. The summed E-state index contributed by atoms with van der Waals surface area (Å²) >= 11 is 6.02. The molecule has 0 saturated carbocycles. The van der Waals surface area contributed by atoms with Crippen molar-refractivity contribution in [2.45, 2.75) is 0 Å². The van der Waals surface area contributed by atoms with Crippen LogP contribution in [0.2, 0.25) is 5.02 Å². The number of halogens is 1. The zero-order valence-corrected chi connectivity index (χ0v) is 15.2. The molecule has 0 bridgehead atoms. The number of carbonyl (C=O) groups excluding carboxylic acids is 1. The molecule has 7 nitrogen and oxygen atoms in total. The number of anilines is 2. The predicted molar refractivity (Wildman–Crippen MR) is 108 cm³/mol. The molecular formula is C20H14ClN5O2. The van der Waals surface area contributed by atoms with E-state index in [1.54, 1.807) is 24.3 Å². The normalized spacial score (nSPS) is 10.5. The van der Waals surface area contributed by atoms with Crippen molar-refractivity contribution >= 4 is 40.0 Å². The van der Waals surface area contributed by atoms with Gasteiger partial charge in [0.25, 0.3) is 0 Å². The van der Waals surface area contributed by atoms with Gasteiger partial charge in [0.1, 0.15) is 12.1 Å². The van der Waals surface area contributed by atoms with Crippen LogP contribution in [0, 0.1) is 0 Å². The molecule has 4 aromatic rings. The van der Waals surface area contributed by atoms with Crippen molar-refractivity contribution in [3.05, 3.63) is 78.1 Å². The third-order valence-electron chi connectivity index (χ3n) is 3.83. The van der Waals surface area contributed by atoms with E-state index in [9.17, 15) is 4.79 Å². The van der Waals surface area contributed by atoms with Gasteiger partial charge in [-0.1, -0.05) is 54.1 Å². The summed E-state index contributed by atoms with van der Waals surface area (Å²) in [5.41, 5.74) is 0.475. The summed E-state index contributed by atoms with van der Waals surface area (Å²) in [5, 5.41) is 7.71. The van der Waals surface area contributed by atoms with Crippen molar-refractivity contribution in [2.75, 3.05) is 10.6 Å². The first kappa shape index (κ1) is 17.7. The molecule has 0 unspecified atom stereocenters. The molecule has 2 N–H and O–H groups in total. The number of para-hydroxylation sites is 1. The number of aromatic nitrogens is 3. The zero-order chi connectivity index (χ0) is 19.3. The third-order valence-corrected chi connectivity index (χ3v) is 4.16. The fourth-order valence-corrected chi connectivity index (χ4v) is 2.73. The van der Waals surface area contributed by atoms with Gasteiger partial charge in [0.2, 0.25) is 5.95 Å². The average Bonchev–Trinajstić information content (AvgIpc) is 2.70. The number of urea groups is 1. The van der Waals surface area contributed by atoms with Crippen LogP contribution in [-0.4, -0.2) is 21.0 Å². The molecule has 0 spiro atoms. The lowest BCUT2D eigenvalue weighted by molar-refractivity contribution is 0.262. The standard InChI is InChI=1S/C20H14ClN5O2/c21-16-7-3-4-8-17(16)24-19(27)25-18-22-12-23-20(26-18)28-15-10-9-13-5-1-2-6-14(13)11-15/h1-12H,(H2,22,23,24,25,26,27). The highest BCUT2D eigenvalue weighted by Crippen LogP contribution is 2.24. The molecule has 0 saturated heterocycles. The van der Waals surface area contributed by atoms with E-state index in [0.29, 0.717) is 16.5 Å². The second-order valence-corrected chi connectivity index (χ2v) is 6.17. The number of nitrogens with one attached hydrogen (secondary N) is 2. The molecule has 0 fully saturated rings. The highest BCUT2D eigenvalue weighted by molar-refractivity contribution is 6.33.